The van der Waals surface area contributed by atoms with Crippen LogP contribution < -0.4 is 10.4 Å². The number of hydrogen-bond donors (Lipinski definition) is 1. The first-order chi connectivity index (χ1) is 15.6. The van der Waals surface area contributed by atoms with E-state index in [9.17, 15) is 4.79 Å². The maximum Gasteiger partial charge on any atom is 0.337 e. The average molecular weight is 494 g/mol. The number of esters is 1. The smallest absolute Gasteiger partial charge is 0.337 e. The van der Waals surface area contributed by atoms with E-state index in [1.807, 2.05) is 33.4 Å². The lowest BCUT2D eigenvalue weighted by Crippen LogP contribution is -2.25. The molecule has 0 aliphatic rings. The molecule has 1 aromatic heterocycles. The van der Waals surface area contributed by atoms with Crippen molar-refractivity contribution in [3.8, 4) is 5.75 Å². The van der Waals surface area contributed by atoms with E-state index in [1.165, 1.54) is 7.11 Å². The first-order valence-corrected chi connectivity index (χ1v) is 11.1. The molecule has 4 rings (SSSR count). The molecule has 0 saturated heterocycles. The molecule has 0 amide bonds. The molecular weight excluding hydrogens is 470 g/mol. The van der Waals surface area contributed by atoms with Crippen LogP contribution in [0.3, 0.4) is 0 Å². The second-order valence-corrected chi connectivity index (χ2v) is 8.31. The third-order valence-corrected chi connectivity index (χ3v) is 5.83. The molecular formula is C25H24BrN3O3. The van der Waals surface area contributed by atoms with E-state index >= 15 is 0 Å². The molecule has 4 aromatic rings. The zero-order valence-electron chi connectivity index (χ0n) is 17.8. The second-order valence-electron chi connectivity index (χ2n) is 7.39. The Morgan fingerprint density at radius 2 is 1.59 bits per heavy atom. The van der Waals surface area contributed by atoms with Gasteiger partial charge in [-0.1, -0.05) is 40.2 Å². The fourth-order valence-corrected chi connectivity index (χ4v) is 3.94. The van der Waals surface area contributed by atoms with Crippen LogP contribution in [0.25, 0.3) is 11.0 Å². The van der Waals surface area contributed by atoms with Crippen LogP contribution in [0.4, 0.5) is 0 Å². The molecule has 1 N–H and O–H groups in total. The molecule has 7 heteroatoms. The largest absolute Gasteiger partial charge is 0.494 e. The number of carbonyl (C=O) groups is 1. The summed E-state index contributed by atoms with van der Waals surface area (Å²) >= 11 is 3.47. The fraction of sp³-hybridized carbons (Fsp3) is 0.200. The average Bonchev–Trinajstić information content (AvgIpc) is 3.09. The number of aryl methyl sites for hydroxylation is 1. The molecule has 0 bridgehead atoms. The normalized spacial score (nSPS) is 10.9. The first kappa shape index (κ1) is 21.9. The predicted molar refractivity (Wildman–Crippen MR) is 127 cm³/mol. The summed E-state index contributed by atoms with van der Waals surface area (Å²) < 4.78 is 15.6. The highest BCUT2D eigenvalue weighted by atomic mass is 79.9. The highest BCUT2D eigenvalue weighted by Gasteiger charge is 2.11. The number of imidazole rings is 1. The van der Waals surface area contributed by atoms with Crippen molar-refractivity contribution in [1.82, 2.24) is 9.13 Å². The Morgan fingerprint density at radius 3 is 2.25 bits per heavy atom. The topological polar surface area (TPSA) is 69.2 Å². The zero-order valence-corrected chi connectivity index (χ0v) is 19.3. The Hall–Kier alpha value is -3.32. The zero-order chi connectivity index (χ0) is 22.5. The third kappa shape index (κ3) is 4.78. The summed E-state index contributed by atoms with van der Waals surface area (Å²) in [5, 5.41) is 8.78. The number of halogens is 1. The molecule has 0 atom stereocenters. The summed E-state index contributed by atoms with van der Waals surface area (Å²) in [4.78, 5) is 11.5. The fourth-order valence-electron chi connectivity index (χ4n) is 3.67. The Bertz CT molecular complexity index is 1270. The van der Waals surface area contributed by atoms with Crippen molar-refractivity contribution in [2.24, 2.45) is 0 Å². The van der Waals surface area contributed by atoms with Crippen LogP contribution in [0.15, 0.2) is 77.3 Å². The van der Waals surface area contributed by atoms with E-state index in [0.717, 1.165) is 27.5 Å². The van der Waals surface area contributed by atoms with Gasteiger partial charge in [0, 0.05) is 11.0 Å². The minimum Gasteiger partial charge on any atom is -0.494 e. The molecule has 164 valence electrons. The van der Waals surface area contributed by atoms with Gasteiger partial charge in [-0.2, -0.15) is 0 Å². The third-order valence-electron chi connectivity index (χ3n) is 5.30. The molecule has 0 unspecified atom stereocenters. The standard InChI is InChI=1S/C25H24BrN3O3/c1-31-24(30)19-9-13-21(14-10-19)32-16-4-15-28-22-5-2-3-6-23(22)29(25(28)27)17-18-7-11-20(26)12-8-18/h2-3,5-14,27H,4,15-17H2,1H3. The first-order valence-electron chi connectivity index (χ1n) is 10.3. The molecule has 0 fully saturated rings. The molecule has 3 aromatic carbocycles. The van der Waals surface area contributed by atoms with Crippen molar-refractivity contribution >= 4 is 32.9 Å². The molecule has 0 aliphatic carbocycles. The molecule has 0 radical (unpaired) electrons. The highest BCUT2D eigenvalue weighted by molar-refractivity contribution is 9.10. The van der Waals surface area contributed by atoms with Crippen molar-refractivity contribution in [1.29, 1.82) is 5.41 Å². The minimum atomic E-state index is -0.365. The van der Waals surface area contributed by atoms with Crippen LogP contribution in [0.2, 0.25) is 0 Å². The maximum absolute atomic E-state index is 11.5. The van der Waals surface area contributed by atoms with E-state index in [0.29, 0.717) is 36.6 Å². The Labute approximate surface area is 194 Å². The highest BCUT2D eigenvalue weighted by Crippen LogP contribution is 2.17. The number of rotatable bonds is 8. The predicted octanol–water partition coefficient (Wildman–Crippen LogP) is 4.99. The maximum atomic E-state index is 11.5. The number of carbonyl (C=O) groups excluding carboxylic acids is 1. The summed E-state index contributed by atoms with van der Waals surface area (Å²) in [5.74, 6) is 0.335. The van der Waals surface area contributed by atoms with E-state index in [-0.39, 0.29) is 5.97 Å². The van der Waals surface area contributed by atoms with Crippen molar-refractivity contribution in [2.75, 3.05) is 13.7 Å². The van der Waals surface area contributed by atoms with Crippen LogP contribution in [-0.2, 0) is 17.8 Å². The quantitative estimate of drug-likeness (QED) is 0.277. The van der Waals surface area contributed by atoms with E-state index in [1.54, 1.807) is 24.3 Å². The van der Waals surface area contributed by atoms with Crippen molar-refractivity contribution in [3.05, 3.63) is 94.0 Å². The van der Waals surface area contributed by atoms with Crippen LogP contribution in [0.1, 0.15) is 22.3 Å². The van der Waals surface area contributed by atoms with Crippen LogP contribution in [0, 0.1) is 5.41 Å². The van der Waals surface area contributed by atoms with Gasteiger partial charge in [0.15, 0.2) is 0 Å². The summed E-state index contributed by atoms with van der Waals surface area (Å²) in [7, 11) is 1.36. The number of aromatic nitrogens is 2. The van der Waals surface area contributed by atoms with Gasteiger partial charge in [0.05, 0.1) is 36.9 Å². The second kappa shape index (κ2) is 9.87. The van der Waals surface area contributed by atoms with Gasteiger partial charge in [-0.3, -0.25) is 5.41 Å². The van der Waals surface area contributed by atoms with Gasteiger partial charge in [-0.05, 0) is 60.5 Å². The van der Waals surface area contributed by atoms with Gasteiger partial charge in [-0.25, -0.2) is 4.79 Å². The monoisotopic (exact) mass is 493 g/mol. The van der Waals surface area contributed by atoms with Gasteiger partial charge in [0.2, 0.25) is 5.62 Å². The van der Waals surface area contributed by atoms with Crippen molar-refractivity contribution in [2.45, 2.75) is 19.5 Å². The van der Waals surface area contributed by atoms with Crippen LogP contribution in [0.5, 0.6) is 5.75 Å². The Balaban J connectivity index is 1.45. The lowest BCUT2D eigenvalue weighted by Gasteiger charge is -2.08. The SMILES string of the molecule is COC(=O)c1ccc(OCCCn2c(=N)n(Cc3ccc(Br)cc3)c3ccccc32)cc1. The van der Waals surface area contributed by atoms with Gasteiger partial charge in [0.1, 0.15) is 5.75 Å². The van der Waals surface area contributed by atoms with E-state index < -0.39 is 0 Å². The van der Waals surface area contributed by atoms with Crippen molar-refractivity contribution < 1.29 is 14.3 Å². The number of nitrogens with one attached hydrogen (secondary N) is 1. The number of hydrogen-bond acceptors (Lipinski definition) is 4. The minimum absolute atomic E-state index is 0.365. The van der Waals surface area contributed by atoms with E-state index in [2.05, 4.69) is 40.2 Å². The van der Waals surface area contributed by atoms with Gasteiger partial charge in [0.25, 0.3) is 0 Å². The number of benzene rings is 3. The van der Waals surface area contributed by atoms with E-state index in [4.69, 9.17) is 14.9 Å². The Kier molecular flexibility index (Phi) is 6.75. The number of ether oxygens (including phenoxy) is 2. The summed E-state index contributed by atoms with van der Waals surface area (Å²) in [6.45, 7) is 1.83. The molecule has 0 saturated carbocycles. The van der Waals surface area contributed by atoms with Gasteiger partial charge < -0.3 is 18.6 Å². The molecule has 1 heterocycles. The lowest BCUT2D eigenvalue weighted by atomic mass is 10.2. The molecule has 0 aliphatic heterocycles. The van der Waals surface area contributed by atoms with Crippen LogP contribution in [-0.4, -0.2) is 28.8 Å². The number of nitrogens with zero attached hydrogens (tertiary/aromatic N) is 2. The number of methoxy groups -OCH3 is 1. The number of fused-ring (bicyclic) bond motifs is 1. The van der Waals surface area contributed by atoms with Crippen molar-refractivity contribution in [3.63, 3.8) is 0 Å². The lowest BCUT2D eigenvalue weighted by molar-refractivity contribution is 0.0600. The van der Waals surface area contributed by atoms with Gasteiger partial charge >= 0.3 is 5.97 Å². The summed E-state index contributed by atoms with van der Waals surface area (Å²) in [6.07, 6.45) is 0.752. The van der Waals surface area contributed by atoms with Gasteiger partial charge in [-0.15, -0.1) is 0 Å². The molecule has 6 nitrogen and oxygen atoms in total. The Morgan fingerprint density at radius 1 is 0.938 bits per heavy atom. The summed E-state index contributed by atoms with van der Waals surface area (Å²) in [5.41, 5.74) is 4.19. The summed E-state index contributed by atoms with van der Waals surface area (Å²) in [6, 6.07) is 23.2. The van der Waals surface area contributed by atoms with Crippen LogP contribution >= 0.6 is 15.9 Å². The molecule has 32 heavy (non-hydrogen) atoms. The number of para-hydroxylation sites is 2. The molecule has 0 spiro atoms.